The van der Waals surface area contributed by atoms with Gasteiger partial charge in [-0.2, -0.15) is 5.10 Å². The zero-order valence-electron chi connectivity index (χ0n) is 15.6. The van der Waals surface area contributed by atoms with Gasteiger partial charge in [0.05, 0.1) is 17.9 Å². The lowest BCUT2D eigenvalue weighted by Gasteiger charge is -2.17. The van der Waals surface area contributed by atoms with E-state index in [1.165, 1.54) is 5.69 Å². The van der Waals surface area contributed by atoms with Crippen LogP contribution in [0.15, 0.2) is 22.6 Å². The van der Waals surface area contributed by atoms with Gasteiger partial charge in [0.15, 0.2) is 0 Å². The molecule has 6 heteroatoms. The summed E-state index contributed by atoms with van der Waals surface area (Å²) in [5.74, 6) is 2.26. The molecule has 2 aromatic heterocycles. The van der Waals surface area contributed by atoms with E-state index in [0.717, 1.165) is 82.2 Å². The maximum absolute atomic E-state index is 12.2. The number of nitrogens with zero attached hydrogens (tertiary/aromatic N) is 4. The third-order valence-electron chi connectivity index (χ3n) is 5.37. The zero-order chi connectivity index (χ0) is 17.9. The molecule has 1 saturated heterocycles. The number of carbonyl (C=O) groups excluding carboxylic acids is 1. The van der Waals surface area contributed by atoms with Crippen LogP contribution in [-0.2, 0) is 30.8 Å². The van der Waals surface area contributed by atoms with Gasteiger partial charge >= 0.3 is 0 Å². The Kier molecular flexibility index (Phi) is 5.11. The molecule has 1 amide bonds. The van der Waals surface area contributed by atoms with Crippen molar-refractivity contribution in [3.8, 4) is 0 Å². The molecular formula is C20H28N4O2. The first-order valence-corrected chi connectivity index (χ1v) is 9.78. The predicted octanol–water partition coefficient (Wildman–Crippen LogP) is 2.75. The average Bonchev–Trinajstić information content (AvgIpc) is 3.34. The smallest absolute Gasteiger partial charge is 0.222 e. The van der Waals surface area contributed by atoms with Gasteiger partial charge in [-0.05, 0) is 44.4 Å². The van der Waals surface area contributed by atoms with E-state index < -0.39 is 0 Å². The molecular weight excluding hydrogens is 328 g/mol. The van der Waals surface area contributed by atoms with Crippen LogP contribution in [0.1, 0.15) is 48.6 Å². The topological polar surface area (TPSA) is 54.5 Å². The summed E-state index contributed by atoms with van der Waals surface area (Å²) in [6.07, 6.45) is 4.70. The van der Waals surface area contributed by atoms with Gasteiger partial charge in [0.1, 0.15) is 11.5 Å². The molecule has 0 spiro atoms. The summed E-state index contributed by atoms with van der Waals surface area (Å²) in [7, 11) is 0. The second-order valence-corrected chi connectivity index (χ2v) is 7.51. The molecule has 0 radical (unpaired) electrons. The highest BCUT2D eigenvalue weighted by molar-refractivity contribution is 5.76. The molecule has 0 N–H and O–H groups in total. The lowest BCUT2D eigenvalue weighted by atomic mass is 10.2. The molecule has 1 fully saturated rings. The molecule has 0 aliphatic carbocycles. The van der Waals surface area contributed by atoms with Gasteiger partial charge in [0.25, 0.3) is 0 Å². The van der Waals surface area contributed by atoms with Gasteiger partial charge in [-0.25, -0.2) is 0 Å². The van der Waals surface area contributed by atoms with E-state index in [-0.39, 0.29) is 5.91 Å². The molecule has 0 saturated carbocycles. The fraction of sp³-hybridized carbons (Fsp3) is 0.600. The van der Waals surface area contributed by atoms with Crippen LogP contribution in [0, 0.1) is 6.92 Å². The molecule has 2 aromatic rings. The molecule has 140 valence electrons. The second-order valence-electron chi connectivity index (χ2n) is 7.51. The van der Waals surface area contributed by atoms with Gasteiger partial charge < -0.3 is 9.32 Å². The van der Waals surface area contributed by atoms with Gasteiger partial charge in [0, 0.05) is 45.6 Å². The number of furan rings is 1. The van der Waals surface area contributed by atoms with E-state index in [9.17, 15) is 4.79 Å². The summed E-state index contributed by atoms with van der Waals surface area (Å²) in [6, 6.07) is 6.27. The normalized spacial score (nSPS) is 18.1. The number of amides is 1. The van der Waals surface area contributed by atoms with Crippen molar-refractivity contribution in [2.75, 3.05) is 19.6 Å². The van der Waals surface area contributed by atoms with Crippen molar-refractivity contribution in [1.82, 2.24) is 19.6 Å². The Hall–Kier alpha value is -2.08. The lowest BCUT2D eigenvalue weighted by Crippen LogP contribution is -2.27. The highest BCUT2D eigenvalue weighted by atomic mass is 16.3. The Bertz CT molecular complexity index is 758. The Labute approximate surface area is 154 Å². The van der Waals surface area contributed by atoms with Crippen molar-refractivity contribution in [2.24, 2.45) is 0 Å². The fourth-order valence-corrected chi connectivity index (χ4v) is 4.00. The van der Waals surface area contributed by atoms with Crippen molar-refractivity contribution in [3.63, 3.8) is 0 Å². The fourth-order valence-electron chi connectivity index (χ4n) is 4.00. The molecule has 26 heavy (non-hydrogen) atoms. The van der Waals surface area contributed by atoms with Crippen LogP contribution in [0.5, 0.6) is 0 Å². The van der Waals surface area contributed by atoms with Crippen LogP contribution in [0.25, 0.3) is 0 Å². The van der Waals surface area contributed by atoms with Gasteiger partial charge in [-0.3, -0.25) is 14.4 Å². The van der Waals surface area contributed by atoms with Crippen LogP contribution in [-0.4, -0.2) is 45.1 Å². The van der Waals surface area contributed by atoms with E-state index in [4.69, 9.17) is 9.52 Å². The number of fused-ring (bicyclic) bond motifs is 1. The number of likely N-dealkylation sites (tertiary alicyclic amines) is 1. The summed E-state index contributed by atoms with van der Waals surface area (Å²) in [6.45, 7) is 7.56. The maximum atomic E-state index is 12.2. The Morgan fingerprint density at radius 3 is 2.77 bits per heavy atom. The molecule has 0 aromatic carbocycles. The van der Waals surface area contributed by atoms with Crippen molar-refractivity contribution < 1.29 is 9.21 Å². The second kappa shape index (κ2) is 7.66. The first-order valence-electron chi connectivity index (χ1n) is 9.78. The SMILES string of the molecule is Cc1ccc(CN2CCCn3nc(CCC(=O)N4CCCC4)cc3C2)o1. The molecule has 0 atom stereocenters. The largest absolute Gasteiger partial charge is 0.465 e. The standard InChI is InChI=1S/C20H28N4O2/c1-16-5-7-19(26-16)15-22-9-4-12-24-18(14-22)13-17(21-24)6-8-20(25)23-10-2-3-11-23/h5,7,13H,2-4,6,8-12,14-15H2,1H3. The van der Waals surface area contributed by atoms with Crippen molar-refractivity contribution in [2.45, 2.75) is 58.7 Å². The van der Waals surface area contributed by atoms with Crippen molar-refractivity contribution in [3.05, 3.63) is 41.1 Å². The maximum Gasteiger partial charge on any atom is 0.222 e. The number of aryl methyl sites for hydroxylation is 3. The minimum atomic E-state index is 0.278. The number of hydrogen-bond acceptors (Lipinski definition) is 4. The van der Waals surface area contributed by atoms with E-state index >= 15 is 0 Å². The van der Waals surface area contributed by atoms with Crippen molar-refractivity contribution in [1.29, 1.82) is 0 Å². The van der Waals surface area contributed by atoms with E-state index in [1.54, 1.807) is 0 Å². The Morgan fingerprint density at radius 2 is 2.00 bits per heavy atom. The number of carbonyl (C=O) groups is 1. The van der Waals surface area contributed by atoms with Crippen LogP contribution in [0.3, 0.4) is 0 Å². The van der Waals surface area contributed by atoms with Gasteiger partial charge in [-0.1, -0.05) is 0 Å². The third-order valence-corrected chi connectivity index (χ3v) is 5.37. The predicted molar refractivity (Wildman–Crippen MR) is 98.5 cm³/mol. The zero-order valence-corrected chi connectivity index (χ0v) is 15.6. The van der Waals surface area contributed by atoms with Crippen molar-refractivity contribution >= 4 is 5.91 Å². The number of hydrogen-bond donors (Lipinski definition) is 0. The summed E-state index contributed by atoms with van der Waals surface area (Å²) in [5, 5.41) is 4.75. The number of aromatic nitrogens is 2. The molecule has 2 aliphatic rings. The first kappa shape index (κ1) is 17.3. The monoisotopic (exact) mass is 356 g/mol. The molecule has 0 bridgehead atoms. The minimum absolute atomic E-state index is 0.278. The van der Waals surface area contributed by atoms with Gasteiger partial charge in [-0.15, -0.1) is 0 Å². The van der Waals surface area contributed by atoms with E-state index in [2.05, 4.69) is 21.7 Å². The summed E-state index contributed by atoms with van der Waals surface area (Å²) in [5.41, 5.74) is 2.29. The highest BCUT2D eigenvalue weighted by Gasteiger charge is 2.20. The van der Waals surface area contributed by atoms with E-state index in [1.807, 2.05) is 17.9 Å². The molecule has 4 rings (SSSR count). The lowest BCUT2D eigenvalue weighted by molar-refractivity contribution is -0.130. The summed E-state index contributed by atoms with van der Waals surface area (Å²) >= 11 is 0. The first-order chi connectivity index (χ1) is 12.7. The van der Waals surface area contributed by atoms with Gasteiger partial charge in [0.2, 0.25) is 5.91 Å². The summed E-state index contributed by atoms with van der Waals surface area (Å²) < 4.78 is 7.86. The van der Waals surface area contributed by atoms with Crippen LogP contribution < -0.4 is 0 Å². The van der Waals surface area contributed by atoms with Crippen LogP contribution in [0.4, 0.5) is 0 Å². The van der Waals surface area contributed by atoms with E-state index in [0.29, 0.717) is 6.42 Å². The van der Waals surface area contributed by atoms with Crippen LogP contribution in [0.2, 0.25) is 0 Å². The Morgan fingerprint density at radius 1 is 1.15 bits per heavy atom. The quantitative estimate of drug-likeness (QED) is 0.827. The Balaban J connectivity index is 1.36. The third kappa shape index (κ3) is 4.01. The minimum Gasteiger partial charge on any atom is -0.465 e. The average molecular weight is 356 g/mol. The molecule has 4 heterocycles. The molecule has 0 unspecified atom stereocenters. The number of rotatable bonds is 5. The van der Waals surface area contributed by atoms with Crippen LogP contribution >= 0.6 is 0 Å². The molecule has 6 nitrogen and oxygen atoms in total. The molecule has 2 aliphatic heterocycles. The highest BCUT2D eigenvalue weighted by Crippen LogP contribution is 2.18. The summed E-state index contributed by atoms with van der Waals surface area (Å²) in [4.78, 5) is 16.7.